The number of ether oxygens (including phenoxy) is 1. The number of hydrogen-bond acceptors (Lipinski definition) is 5. The van der Waals surface area contributed by atoms with Gasteiger partial charge in [0.05, 0.1) is 21.2 Å². The van der Waals surface area contributed by atoms with E-state index in [4.69, 9.17) is 33.2 Å². The molecule has 0 radical (unpaired) electrons. The summed E-state index contributed by atoms with van der Waals surface area (Å²) in [7, 11) is 0. The average molecular weight is 535 g/mol. The summed E-state index contributed by atoms with van der Waals surface area (Å²) in [5, 5.41) is 9.71. The Kier molecular flexibility index (Phi) is 7.38. The normalized spacial score (nSPS) is 18.5. The average Bonchev–Trinajstić information content (AvgIpc) is 3.31. The SMILES string of the molecule is CC(Oc1ccc(C(F)(F)F)cn1)C1CN(C(=O)c2ccc(C#N)nc2)CC1c1ccc(Cl)c(Cl)c1. The van der Waals surface area contributed by atoms with E-state index in [9.17, 15) is 18.0 Å². The summed E-state index contributed by atoms with van der Waals surface area (Å²) in [6, 6.07) is 12.3. The minimum absolute atomic E-state index is 0.0458. The number of pyridine rings is 2. The molecule has 2 aromatic heterocycles. The molecule has 186 valence electrons. The molecule has 0 aliphatic carbocycles. The molecule has 1 saturated heterocycles. The van der Waals surface area contributed by atoms with Crippen molar-refractivity contribution in [3.05, 3.63) is 87.3 Å². The molecule has 1 fully saturated rings. The van der Waals surface area contributed by atoms with E-state index in [-0.39, 0.29) is 29.3 Å². The molecule has 1 aromatic carbocycles. The van der Waals surface area contributed by atoms with Crippen molar-refractivity contribution in [2.24, 2.45) is 5.92 Å². The molecular weight excluding hydrogens is 516 g/mol. The third-order valence-corrected chi connectivity index (χ3v) is 6.86. The van der Waals surface area contributed by atoms with Crippen molar-refractivity contribution >= 4 is 29.1 Å². The molecule has 3 atom stereocenters. The van der Waals surface area contributed by atoms with E-state index in [1.165, 1.54) is 18.3 Å². The fourth-order valence-corrected chi connectivity index (χ4v) is 4.54. The number of amides is 1. The molecule has 0 saturated carbocycles. The first-order chi connectivity index (χ1) is 17.1. The summed E-state index contributed by atoms with van der Waals surface area (Å²) >= 11 is 12.3. The summed E-state index contributed by atoms with van der Waals surface area (Å²) in [6.07, 6.45) is -2.93. The number of aromatic nitrogens is 2. The van der Waals surface area contributed by atoms with E-state index in [0.717, 1.165) is 17.8 Å². The Labute approximate surface area is 215 Å². The molecule has 1 amide bonds. The van der Waals surface area contributed by atoms with Crippen LogP contribution in [0.5, 0.6) is 5.88 Å². The Hall–Kier alpha value is -3.35. The van der Waals surface area contributed by atoms with E-state index in [2.05, 4.69) is 9.97 Å². The molecule has 6 nitrogen and oxygen atoms in total. The quantitative estimate of drug-likeness (QED) is 0.401. The maximum absolute atomic E-state index is 13.2. The smallest absolute Gasteiger partial charge is 0.417 e. The van der Waals surface area contributed by atoms with Crippen LogP contribution < -0.4 is 4.74 Å². The summed E-state index contributed by atoms with van der Waals surface area (Å²) in [4.78, 5) is 22.6. The fraction of sp³-hybridized carbons (Fsp3) is 0.280. The van der Waals surface area contributed by atoms with Gasteiger partial charge in [0.2, 0.25) is 5.88 Å². The molecule has 1 aliphatic heterocycles. The lowest BCUT2D eigenvalue weighted by atomic mass is 9.86. The number of likely N-dealkylation sites (tertiary alicyclic amines) is 1. The zero-order chi connectivity index (χ0) is 26.0. The lowest BCUT2D eigenvalue weighted by Gasteiger charge is -2.25. The van der Waals surface area contributed by atoms with Crippen LogP contribution in [-0.2, 0) is 6.18 Å². The van der Waals surface area contributed by atoms with Crippen molar-refractivity contribution in [2.75, 3.05) is 13.1 Å². The lowest BCUT2D eigenvalue weighted by Crippen LogP contribution is -2.32. The standard InChI is InChI=1S/C25H19Cl2F3N4O2/c1-14(36-23-7-4-17(11-33-23)25(28,29)30)19-12-34(24(35)16-2-5-18(9-31)32-10-16)13-20(19)15-3-6-21(26)22(27)8-15/h2-8,10-11,14,19-20H,12-13H2,1H3. The predicted molar refractivity (Wildman–Crippen MR) is 127 cm³/mol. The van der Waals surface area contributed by atoms with Crippen LogP contribution in [0, 0.1) is 17.2 Å². The van der Waals surface area contributed by atoms with Crippen molar-refractivity contribution < 1.29 is 22.7 Å². The molecule has 3 aromatic rings. The molecular formula is C25H19Cl2F3N4O2. The van der Waals surface area contributed by atoms with Crippen molar-refractivity contribution in [1.29, 1.82) is 5.26 Å². The zero-order valence-corrected chi connectivity index (χ0v) is 20.3. The van der Waals surface area contributed by atoms with Gasteiger partial charge in [-0.2, -0.15) is 18.4 Å². The van der Waals surface area contributed by atoms with Gasteiger partial charge >= 0.3 is 6.18 Å². The molecule has 0 bridgehead atoms. The maximum atomic E-state index is 13.2. The number of carbonyl (C=O) groups is 1. The first-order valence-electron chi connectivity index (χ1n) is 10.9. The molecule has 4 rings (SSSR count). The molecule has 1 aliphatic rings. The van der Waals surface area contributed by atoms with Crippen molar-refractivity contribution in [3.8, 4) is 11.9 Å². The van der Waals surface area contributed by atoms with Gasteiger partial charge in [-0.05, 0) is 42.8 Å². The first kappa shape index (κ1) is 25.7. The predicted octanol–water partition coefficient (Wildman–Crippen LogP) is 6.00. The summed E-state index contributed by atoms with van der Waals surface area (Å²) in [6.45, 7) is 2.44. The largest absolute Gasteiger partial charge is 0.474 e. The Morgan fingerprint density at radius 3 is 2.47 bits per heavy atom. The van der Waals surface area contributed by atoms with Crippen LogP contribution in [0.15, 0.2) is 54.9 Å². The van der Waals surface area contributed by atoms with Gasteiger partial charge in [0, 0.05) is 43.4 Å². The Morgan fingerprint density at radius 1 is 1.11 bits per heavy atom. The lowest BCUT2D eigenvalue weighted by molar-refractivity contribution is -0.137. The van der Waals surface area contributed by atoms with Crippen LogP contribution in [0.1, 0.15) is 40.0 Å². The van der Waals surface area contributed by atoms with Crippen LogP contribution in [0.25, 0.3) is 0 Å². The molecule has 3 unspecified atom stereocenters. The third kappa shape index (κ3) is 5.55. The first-order valence-corrected chi connectivity index (χ1v) is 11.6. The third-order valence-electron chi connectivity index (χ3n) is 6.12. The fourth-order valence-electron chi connectivity index (χ4n) is 4.23. The Bertz CT molecular complexity index is 1290. The van der Waals surface area contributed by atoms with Crippen molar-refractivity contribution in [2.45, 2.75) is 25.1 Å². The number of nitrogens with zero attached hydrogens (tertiary/aromatic N) is 4. The van der Waals surface area contributed by atoms with Gasteiger partial charge < -0.3 is 9.64 Å². The van der Waals surface area contributed by atoms with E-state index in [1.807, 2.05) is 12.1 Å². The van der Waals surface area contributed by atoms with Gasteiger partial charge in [0.1, 0.15) is 17.9 Å². The second-order valence-corrected chi connectivity index (χ2v) is 9.22. The van der Waals surface area contributed by atoms with E-state index in [1.54, 1.807) is 30.0 Å². The van der Waals surface area contributed by atoms with Gasteiger partial charge in [0.25, 0.3) is 5.91 Å². The summed E-state index contributed by atoms with van der Waals surface area (Å²) < 4.78 is 44.5. The minimum atomic E-state index is -4.50. The monoisotopic (exact) mass is 534 g/mol. The summed E-state index contributed by atoms with van der Waals surface area (Å²) in [5.74, 6) is -0.648. The van der Waals surface area contributed by atoms with Crippen LogP contribution in [0.2, 0.25) is 10.0 Å². The number of halogens is 5. The van der Waals surface area contributed by atoms with E-state index >= 15 is 0 Å². The highest BCUT2D eigenvalue weighted by atomic mass is 35.5. The molecule has 36 heavy (non-hydrogen) atoms. The van der Waals surface area contributed by atoms with Crippen LogP contribution >= 0.6 is 23.2 Å². The molecule has 0 N–H and O–H groups in total. The number of benzene rings is 1. The topological polar surface area (TPSA) is 79.1 Å². The molecule has 11 heteroatoms. The zero-order valence-electron chi connectivity index (χ0n) is 18.8. The van der Waals surface area contributed by atoms with Crippen molar-refractivity contribution in [3.63, 3.8) is 0 Å². The highest BCUT2D eigenvalue weighted by Gasteiger charge is 2.41. The van der Waals surface area contributed by atoms with Gasteiger partial charge in [-0.1, -0.05) is 29.3 Å². The maximum Gasteiger partial charge on any atom is 0.417 e. The number of alkyl halides is 3. The Balaban J connectivity index is 1.59. The van der Waals surface area contributed by atoms with Crippen LogP contribution in [0.3, 0.4) is 0 Å². The molecule has 0 spiro atoms. The van der Waals surface area contributed by atoms with Crippen molar-refractivity contribution in [1.82, 2.24) is 14.9 Å². The second kappa shape index (κ2) is 10.3. The van der Waals surface area contributed by atoms with Gasteiger partial charge in [-0.15, -0.1) is 0 Å². The molecule has 3 heterocycles. The van der Waals surface area contributed by atoms with Crippen LogP contribution in [-0.4, -0.2) is 40.0 Å². The minimum Gasteiger partial charge on any atom is -0.474 e. The van der Waals surface area contributed by atoms with Gasteiger partial charge in [-0.3, -0.25) is 4.79 Å². The number of hydrogen-bond donors (Lipinski definition) is 0. The number of nitriles is 1. The van der Waals surface area contributed by atoms with Gasteiger partial charge in [0.15, 0.2) is 0 Å². The van der Waals surface area contributed by atoms with E-state index < -0.39 is 17.8 Å². The highest BCUT2D eigenvalue weighted by molar-refractivity contribution is 6.42. The number of carbonyl (C=O) groups excluding carboxylic acids is 1. The van der Waals surface area contributed by atoms with E-state index in [0.29, 0.717) is 28.7 Å². The highest BCUT2D eigenvalue weighted by Crippen LogP contribution is 2.39. The van der Waals surface area contributed by atoms with Gasteiger partial charge in [-0.25, -0.2) is 9.97 Å². The Morgan fingerprint density at radius 2 is 1.89 bits per heavy atom. The van der Waals surface area contributed by atoms with Crippen LogP contribution in [0.4, 0.5) is 13.2 Å². The number of rotatable bonds is 5. The summed E-state index contributed by atoms with van der Waals surface area (Å²) in [5.41, 5.74) is 0.509. The second-order valence-electron chi connectivity index (χ2n) is 8.40.